The summed E-state index contributed by atoms with van der Waals surface area (Å²) in [4.78, 5) is 13.7. The van der Waals surface area contributed by atoms with Gasteiger partial charge in [-0.2, -0.15) is 0 Å². The Labute approximate surface area is 206 Å². The number of carbonyl (C=O) groups is 1. The quantitative estimate of drug-likeness (QED) is 0.196. The minimum Gasteiger partial charge on any atom is -0.323 e. The summed E-state index contributed by atoms with van der Waals surface area (Å²) in [5.74, 6) is 0.265. The van der Waals surface area contributed by atoms with Gasteiger partial charge in [-0.1, -0.05) is 32.9 Å². The van der Waals surface area contributed by atoms with E-state index in [1.54, 1.807) is 11.8 Å². The molecule has 0 aliphatic rings. The number of thioether (sulfide) groups is 1. The number of carbonyl (C=O) groups excluding carboxylic acids is 1. The molecule has 8 heteroatoms. The molecule has 0 fully saturated rings. The summed E-state index contributed by atoms with van der Waals surface area (Å²) < 4.78 is 4.06. The van der Waals surface area contributed by atoms with E-state index in [4.69, 9.17) is 0 Å². The molecule has 0 aliphatic carbocycles. The number of benzene rings is 2. The van der Waals surface area contributed by atoms with Crippen LogP contribution in [0.25, 0.3) is 0 Å². The lowest BCUT2D eigenvalue weighted by Gasteiger charge is -2.20. The number of halogens is 5. The average Bonchev–Trinajstić information content (AvgIpc) is 2.60. The van der Waals surface area contributed by atoms with Gasteiger partial charge in [0.2, 0.25) is 5.91 Å². The van der Waals surface area contributed by atoms with E-state index >= 15 is 0 Å². The highest BCUT2D eigenvalue weighted by Crippen LogP contribution is 2.47. The van der Waals surface area contributed by atoms with Crippen LogP contribution < -0.4 is 5.32 Å². The Hall–Kier alpha value is 0.660. The molecule has 0 radical (unpaired) electrons. The number of hydrogen-bond donors (Lipinski definition) is 1. The maximum absolute atomic E-state index is 12.6. The molecule has 1 N–H and O–H groups in total. The second-order valence-corrected chi connectivity index (χ2v) is 12.0. The first-order valence-electron chi connectivity index (χ1n) is 7.98. The Morgan fingerprint density at radius 3 is 2.00 bits per heavy atom. The first-order chi connectivity index (χ1) is 12.4. The van der Waals surface area contributed by atoms with Gasteiger partial charge >= 0.3 is 0 Å². The SMILES string of the molecule is Cc1ccc(C(C)(C)C)cc1SCC(=O)Nc1c(Br)c(Br)c(Br)c(Br)c1Br. The maximum atomic E-state index is 12.6. The standard InChI is InChI=1S/C19H18Br5NOS/c1-9-5-6-10(19(2,3)4)7-11(9)27-8-12(26)25-18-16(23)14(21)13(20)15(22)17(18)24/h5-7H,8H2,1-4H3,(H,25,26). The van der Waals surface area contributed by atoms with Gasteiger partial charge in [-0.15, -0.1) is 11.8 Å². The van der Waals surface area contributed by atoms with Gasteiger partial charge in [0.1, 0.15) is 0 Å². The van der Waals surface area contributed by atoms with Gasteiger partial charge in [-0.3, -0.25) is 4.79 Å². The van der Waals surface area contributed by atoms with Gasteiger partial charge in [0.05, 0.1) is 20.4 Å². The molecule has 2 rings (SSSR count). The van der Waals surface area contributed by atoms with Gasteiger partial charge in [-0.25, -0.2) is 0 Å². The predicted octanol–water partition coefficient (Wildman–Crippen LogP) is 8.84. The second kappa shape index (κ2) is 9.65. The zero-order valence-corrected chi connectivity index (χ0v) is 23.9. The van der Waals surface area contributed by atoms with E-state index in [0.29, 0.717) is 11.4 Å². The number of anilines is 1. The lowest BCUT2D eigenvalue weighted by atomic mass is 9.87. The molecule has 0 saturated carbocycles. The van der Waals surface area contributed by atoms with Gasteiger partial charge in [0, 0.05) is 18.3 Å². The molecule has 0 bridgehead atoms. The minimum absolute atomic E-state index is 0.0666. The Morgan fingerprint density at radius 1 is 0.963 bits per heavy atom. The van der Waals surface area contributed by atoms with Gasteiger partial charge < -0.3 is 5.32 Å². The fourth-order valence-corrected chi connectivity index (χ4v) is 6.37. The van der Waals surface area contributed by atoms with E-state index in [0.717, 1.165) is 27.3 Å². The molecule has 0 saturated heterocycles. The Bertz CT molecular complexity index is 864. The van der Waals surface area contributed by atoms with Crippen molar-refractivity contribution in [1.82, 2.24) is 0 Å². The summed E-state index contributed by atoms with van der Waals surface area (Å²) in [5.41, 5.74) is 3.21. The minimum atomic E-state index is -0.0666. The molecule has 1 amide bonds. The zero-order chi connectivity index (χ0) is 20.5. The molecule has 2 aromatic rings. The van der Waals surface area contributed by atoms with Crippen LogP contribution in [0.15, 0.2) is 45.5 Å². The van der Waals surface area contributed by atoms with Crippen LogP contribution in [0.2, 0.25) is 0 Å². The smallest absolute Gasteiger partial charge is 0.234 e. The number of amides is 1. The average molecular weight is 708 g/mol. The molecule has 0 atom stereocenters. The summed E-state index contributed by atoms with van der Waals surface area (Å²) in [5, 5.41) is 2.99. The van der Waals surface area contributed by atoms with Crippen LogP contribution in [0, 0.1) is 6.92 Å². The fraction of sp³-hybridized carbons (Fsp3) is 0.316. The largest absolute Gasteiger partial charge is 0.323 e. The fourth-order valence-electron chi connectivity index (χ4n) is 2.26. The molecule has 146 valence electrons. The highest BCUT2D eigenvalue weighted by molar-refractivity contribution is 9.15. The van der Waals surface area contributed by atoms with Crippen molar-refractivity contribution in [2.45, 2.75) is 38.0 Å². The Kier molecular flexibility index (Phi) is 8.55. The third-order valence-electron chi connectivity index (χ3n) is 3.89. The molecule has 2 nitrogen and oxygen atoms in total. The van der Waals surface area contributed by atoms with Crippen LogP contribution >= 0.6 is 91.4 Å². The lowest BCUT2D eigenvalue weighted by Crippen LogP contribution is -2.15. The number of hydrogen-bond acceptors (Lipinski definition) is 2. The van der Waals surface area contributed by atoms with Crippen LogP contribution in [0.3, 0.4) is 0 Å². The summed E-state index contributed by atoms with van der Waals surface area (Å²) in [6.07, 6.45) is 0. The van der Waals surface area contributed by atoms with Crippen molar-refractivity contribution in [2.24, 2.45) is 0 Å². The molecular weight excluding hydrogens is 690 g/mol. The van der Waals surface area contributed by atoms with Crippen molar-refractivity contribution in [3.63, 3.8) is 0 Å². The van der Waals surface area contributed by atoms with E-state index in [1.165, 1.54) is 11.1 Å². The van der Waals surface area contributed by atoms with Crippen molar-refractivity contribution >= 4 is 103 Å². The topological polar surface area (TPSA) is 29.1 Å². The van der Waals surface area contributed by atoms with Crippen LogP contribution in [0.4, 0.5) is 5.69 Å². The van der Waals surface area contributed by atoms with Crippen LogP contribution in [-0.4, -0.2) is 11.7 Å². The molecule has 0 aromatic heterocycles. The molecule has 0 spiro atoms. The van der Waals surface area contributed by atoms with Crippen molar-refractivity contribution in [1.29, 1.82) is 0 Å². The van der Waals surface area contributed by atoms with E-state index in [9.17, 15) is 4.79 Å². The van der Waals surface area contributed by atoms with E-state index < -0.39 is 0 Å². The third kappa shape index (κ3) is 5.85. The zero-order valence-electron chi connectivity index (χ0n) is 15.1. The van der Waals surface area contributed by atoms with Crippen LogP contribution in [-0.2, 0) is 10.2 Å². The summed E-state index contributed by atoms with van der Waals surface area (Å²) >= 11 is 19.2. The summed E-state index contributed by atoms with van der Waals surface area (Å²) in [7, 11) is 0. The van der Waals surface area contributed by atoms with Crippen molar-refractivity contribution in [3.8, 4) is 0 Å². The molecular formula is C19H18Br5NOS. The molecule has 27 heavy (non-hydrogen) atoms. The highest BCUT2D eigenvalue weighted by Gasteiger charge is 2.20. The second-order valence-electron chi connectivity index (χ2n) is 7.01. The lowest BCUT2D eigenvalue weighted by molar-refractivity contribution is -0.113. The summed E-state index contributed by atoms with van der Waals surface area (Å²) in [6.45, 7) is 8.65. The van der Waals surface area contributed by atoms with Gasteiger partial charge in [0.25, 0.3) is 0 Å². The summed E-state index contributed by atoms with van der Waals surface area (Å²) in [6, 6.07) is 6.47. The maximum Gasteiger partial charge on any atom is 0.234 e. The van der Waals surface area contributed by atoms with Crippen LogP contribution in [0.1, 0.15) is 31.9 Å². The molecule has 0 heterocycles. The van der Waals surface area contributed by atoms with E-state index in [1.807, 2.05) is 0 Å². The monoisotopic (exact) mass is 703 g/mol. The first kappa shape index (κ1) is 23.9. The van der Waals surface area contributed by atoms with E-state index in [2.05, 4.69) is 131 Å². The van der Waals surface area contributed by atoms with Gasteiger partial charge in [0.15, 0.2) is 0 Å². The Balaban J connectivity index is 2.17. The molecule has 0 aliphatic heterocycles. The predicted molar refractivity (Wildman–Crippen MR) is 134 cm³/mol. The van der Waals surface area contributed by atoms with Crippen molar-refractivity contribution in [3.05, 3.63) is 51.7 Å². The first-order valence-corrected chi connectivity index (χ1v) is 12.9. The van der Waals surface area contributed by atoms with Crippen molar-refractivity contribution in [2.75, 3.05) is 11.1 Å². The van der Waals surface area contributed by atoms with Gasteiger partial charge in [-0.05, 0) is 109 Å². The number of nitrogens with one attached hydrogen (secondary N) is 1. The third-order valence-corrected chi connectivity index (χ3v) is 11.1. The van der Waals surface area contributed by atoms with Crippen LogP contribution in [0.5, 0.6) is 0 Å². The van der Waals surface area contributed by atoms with Crippen molar-refractivity contribution < 1.29 is 4.79 Å². The normalized spacial score (nSPS) is 11.6. The number of aryl methyl sites for hydroxylation is 1. The molecule has 2 aromatic carbocycles. The number of rotatable bonds is 4. The van der Waals surface area contributed by atoms with E-state index in [-0.39, 0.29) is 11.3 Å². The Morgan fingerprint density at radius 2 is 1.48 bits per heavy atom. The molecule has 0 unspecified atom stereocenters. The highest BCUT2D eigenvalue weighted by atomic mass is 79.9.